The zero-order valence-electron chi connectivity index (χ0n) is 10.8. The highest BCUT2D eigenvalue weighted by molar-refractivity contribution is 6.37. The second-order valence-corrected chi connectivity index (χ2v) is 5.46. The van der Waals surface area contributed by atoms with Gasteiger partial charge in [-0.15, -0.1) is 0 Å². The van der Waals surface area contributed by atoms with E-state index in [2.05, 4.69) is 4.98 Å². The summed E-state index contributed by atoms with van der Waals surface area (Å²) in [5.41, 5.74) is 1.59. The average Bonchev–Trinajstić information content (AvgIpc) is 2.38. The molecule has 6 heteroatoms. The van der Waals surface area contributed by atoms with Crippen LogP contribution in [0.1, 0.15) is 17.0 Å². The molecule has 2 nitrogen and oxygen atoms in total. The SMILES string of the molecule is Cc1nc(C)c(Cl)c(OCc2ccc(Cl)cc2F)c1Cl. The van der Waals surface area contributed by atoms with Crippen molar-refractivity contribution < 1.29 is 9.13 Å². The molecule has 106 valence electrons. The smallest absolute Gasteiger partial charge is 0.160 e. The van der Waals surface area contributed by atoms with Crippen molar-refractivity contribution in [1.29, 1.82) is 0 Å². The molecule has 0 saturated carbocycles. The van der Waals surface area contributed by atoms with Gasteiger partial charge in [-0.05, 0) is 26.0 Å². The van der Waals surface area contributed by atoms with Crippen LogP contribution in [0.2, 0.25) is 15.1 Å². The van der Waals surface area contributed by atoms with Gasteiger partial charge in [-0.25, -0.2) is 4.39 Å². The Balaban J connectivity index is 2.27. The molecule has 0 bridgehead atoms. The standard InChI is InChI=1S/C14H11Cl3FNO/c1-7-12(16)14(13(17)8(2)19-7)20-6-9-3-4-10(15)5-11(9)18/h3-5H,6H2,1-2H3. The summed E-state index contributed by atoms with van der Waals surface area (Å²) in [6.45, 7) is 3.51. The van der Waals surface area contributed by atoms with Crippen molar-refractivity contribution in [3.63, 3.8) is 0 Å². The molecule has 0 radical (unpaired) electrons. The van der Waals surface area contributed by atoms with Crippen LogP contribution in [0.15, 0.2) is 18.2 Å². The summed E-state index contributed by atoms with van der Waals surface area (Å²) in [6.07, 6.45) is 0. The van der Waals surface area contributed by atoms with Crippen LogP contribution in [-0.2, 0) is 6.61 Å². The quantitative estimate of drug-likeness (QED) is 0.752. The lowest BCUT2D eigenvalue weighted by atomic mass is 10.2. The second-order valence-electron chi connectivity index (χ2n) is 4.26. The van der Waals surface area contributed by atoms with Crippen LogP contribution < -0.4 is 4.74 Å². The molecule has 0 amide bonds. The van der Waals surface area contributed by atoms with Crippen molar-refractivity contribution in [2.75, 3.05) is 0 Å². The van der Waals surface area contributed by atoms with E-state index in [1.165, 1.54) is 6.07 Å². The van der Waals surface area contributed by atoms with Crippen molar-refractivity contribution in [2.45, 2.75) is 20.5 Å². The Hall–Kier alpha value is -1.03. The van der Waals surface area contributed by atoms with Gasteiger partial charge in [0.1, 0.15) is 22.5 Å². The first-order chi connectivity index (χ1) is 9.40. The van der Waals surface area contributed by atoms with E-state index in [-0.39, 0.29) is 6.61 Å². The molecule has 0 aliphatic heterocycles. The predicted octanol–water partition coefficient (Wildman–Crippen LogP) is 5.38. The van der Waals surface area contributed by atoms with Crippen LogP contribution in [0.4, 0.5) is 4.39 Å². The first-order valence-electron chi connectivity index (χ1n) is 5.79. The van der Waals surface area contributed by atoms with E-state index < -0.39 is 5.82 Å². The van der Waals surface area contributed by atoms with Crippen molar-refractivity contribution in [1.82, 2.24) is 4.98 Å². The maximum atomic E-state index is 13.7. The largest absolute Gasteiger partial charge is 0.486 e. The Bertz CT molecular complexity index is 635. The van der Waals surface area contributed by atoms with Gasteiger partial charge in [0.2, 0.25) is 0 Å². The lowest BCUT2D eigenvalue weighted by molar-refractivity contribution is 0.299. The fourth-order valence-corrected chi connectivity index (χ4v) is 2.28. The third kappa shape index (κ3) is 3.17. The highest BCUT2D eigenvalue weighted by Gasteiger charge is 2.15. The van der Waals surface area contributed by atoms with E-state index in [9.17, 15) is 4.39 Å². The minimum absolute atomic E-state index is 0.00529. The molecule has 0 atom stereocenters. The number of hydrogen-bond acceptors (Lipinski definition) is 2. The molecule has 2 aromatic rings. The third-order valence-corrected chi connectivity index (χ3v) is 3.88. The summed E-state index contributed by atoms with van der Waals surface area (Å²) >= 11 is 17.9. The van der Waals surface area contributed by atoms with Crippen LogP contribution in [0.25, 0.3) is 0 Å². The number of nitrogens with zero attached hydrogens (tertiary/aromatic N) is 1. The average molecular weight is 335 g/mol. The van der Waals surface area contributed by atoms with E-state index >= 15 is 0 Å². The number of halogens is 4. The topological polar surface area (TPSA) is 22.1 Å². The van der Waals surface area contributed by atoms with Gasteiger partial charge in [0, 0.05) is 10.6 Å². The summed E-state index contributed by atoms with van der Waals surface area (Å²) in [5.74, 6) is -0.125. The van der Waals surface area contributed by atoms with E-state index in [4.69, 9.17) is 39.5 Å². The van der Waals surface area contributed by atoms with Gasteiger partial charge in [0.05, 0.1) is 11.4 Å². The molecule has 0 spiro atoms. The molecule has 1 aromatic heterocycles. The van der Waals surface area contributed by atoms with Gasteiger partial charge in [0.15, 0.2) is 5.75 Å². The Morgan fingerprint density at radius 3 is 2.25 bits per heavy atom. The maximum Gasteiger partial charge on any atom is 0.160 e. The van der Waals surface area contributed by atoms with Crippen LogP contribution in [0.5, 0.6) is 5.75 Å². The Morgan fingerprint density at radius 1 is 1.10 bits per heavy atom. The van der Waals surface area contributed by atoms with Crippen LogP contribution in [-0.4, -0.2) is 4.98 Å². The Labute approximate surface area is 131 Å². The molecule has 1 heterocycles. The number of aromatic nitrogens is 1. The fraction of sp³-hybridized carbons (Fsp3) is 0.214. The summed E-state index contributed by atoms with van der Waals surface area (Å²) in [6, 6.07) is 4.38. The lowest BCUT2D eigenvalue weighted by Crippen LogP contribution is -2.02. The Kier molecular flexibility index (Phi) is 4.74. The van der Waals surface area contributed by atoms with Gasteiger partial charge >= 0.3 is 0 Å². The predicted molar refractivity (Wildman–Crippen MR) is 79.5 cm³/mol. The molecular weight excluding hydrogens is 324 g/mol. The molecule has 20 heavy (non-hydrogen) atoms. The number of rotatable bonds is 3. The molecule has 2 rings (SSSR count). The van der Waals surface area contributed by atoms with Gasteiger partial charge in [-0.1, -0.05) is 40.9 Å². The van der Waals surface area contributed by atoms with Crippen molar-refractivity contribution >= 4 is 34.8 Å². The van der Waals surface area contributed by atoms with Gasteiger partial charge < -0.3 is 4.74 Å². The van der Waals surface area contributed by atoms with E-state index in [1.54, 1.807) is 26.0 Å². The van der Waals surface area contributed by atoms with Crippen molar-refractivity contribution in [3.8, 4) is 5.75 Å². The number of pyridine rings is 1. The molecule has 1 aromatic carbocycles. The summed E-state index contributed by atoms with van der Waals surface area (Å²) in [4.78, 5) is 4.18. The number of benzene rings is 1. The van der Waals surface area contributed by atoms with Gasteiger partial charge in [-0.2, -0.15) is 0 Å². The third-order valence-electron chi connectivity index (χ3n) is 2.76. The van der Waals surface area contributed by atoms with Crippen LogP contribution in [0, 0.1) is 19.7 Å². The summed E-state index contributed by atoms with van der Waals surface area (Å²) in [7, 11) is 0. The van der Waals surface area contributed by atoms with Gasteiger partial charge in [0.25, 0.3) is 0 Å². The monoisotopic (exact) mass is 333 g/mol. The molecule has 0 fully saturated rings. The summed E-state index contributed by atoms with van der Waals surface area (Å²) < 4.78 is 19.2. The van der Waals surface area contributed by atoms with E-state index in [1.807, 2.05) is 0 Å². The fourth-order valence-electron chi connectivity index (χ4n) is 1.69. The number of aryl methyl sites for hydroxylation is 2. The zero-order valence-corrected chi connectivity index (χ0v) is 13.1. The minimum atomic E-state index is -0.438. The first kappa shape index (κ1) is 15.4. The van der Waals surface area contributed by atoms with Crippen molar-refractivity contribution in [2.24, 2.45) is 0 Å². The molecule has 0 saturated heterocycles. The molecule has 0 unspecified atom stereocenters. The summed E-state index contributed by atoms with van der Waals surface area (Å²) in [5, 5.41) is 0.989. The molecule has 0 aliphatic rings. The van der Waals surface area contributed by atoms with Gasteiger partial charge in [-0.3, -0.25) is 4.98 Å². The highest BCUT2D eigenvalue weighted by atomic mass is 35.5. The number of hydrogen-bond donors (Lipinski definition) is 0. The van der Waals surface area contributed by atoms with E-state index in [0.29, 0.717) is 37.8 Å². The van der Waals surface area contributed by atoms with Crippen molar-refractivity contribution in [3.05, 3.63) is 56.0 Å². The minimum Gasteiger partial charge on any atom is -0.486 e. The molecule has 0 aliphatic carbocycles. The van der Waals surface area contributed by atoms with Crippen LogP contribution >= 0.6 is 34.8 Å². The lowest BCUT2D eigenvalue weighted by Gasteiger charge is -2.13. The van der Waals surface area contributed by atoms with Crippen LogP contribution in [0.3, 0.4) is 0 Å². The highest BCUT2D eigenvalue weighted by Crippen LogP contribution is 2.36. The first-order valence-corrected chi connectivity index (χ1v) is 6.92. The normalized spacial score (nSPS) is 10.7. The second kappa shape index (κ2) is 6.17. The van der Waals surface area contributed by atoms with E-state index in [0.717, 1.165) is 0 Å². The number of ether oxygens (including phenoxy) is 1. The maximum absolute atomic E-state index is 13.7. The molecular formula is C14H11Cl3FNO. The zero-order chi connectivity index (χ0) is 14.9. The Morgan fingerprint density at radius 2 is 1.70 bits per heavy atom. The molecule has 0 N–H and O–H groups in total.